The fraction of sp³-hybridized carbons (Fsp3) is 0.0714. The van der Waals surface area contributed by atoms with Gasteiger partial charge in [-0.05, 0) is 61.4 Å². The Kier molecular flexibility index (Phi) is 3.87. The Morgan fingerprint density at radius 1 is 0.656 bits per heavy atom. The van der Waals surface area contributed by atoms with Gasteiger partial charge in [0.2, 0.25) is 0 Å². The summed E-state index contributed by atoms with van der Waals surface area (Å²) in [6.07, 6.45) is 0. The summed E-state index contributed by atoms with van der Waals surface area (Å²) in [4.78, 5) is 30.4. The molecule has 0 aliphatic rings. The highest BCUT2D eigenvalue weighted by atomic mass is 16.1. The van der Waals surface area contributed by atoms with Crippen molar-refractivity contribution in [3.63, 3.8) is 0 Å². The van der Waals surface area contributed by atoms with E-state index < -0.39 is 0 Å². The van der Waals surface area contributed by atoms with Gasteiger partial charge < -0.3 is 9.55 Å². The van der Waals surface area contributed by atoms with Gasteiger partial charge in [-0.1, -0.05) is 42.5 Å². The average molecular weight is 416 g/mol. The lowest BCUT2D eigenvalue weighted by Crippen LogP contribution is -2.13. The molecule has 32 heavy (non-hydrogen) atoms. The highest BCUT2D eigenvalue weighted by Gasteiger charge is 2.16. The van der Waals surface area contributed by atoms with Crippen LogP contribution in [0.2, 0.25) is 0 Å². The molecule has 2 heterocycles. The minimum Gasteiger partial charge on any atom is -0.354 e. The van der Waals surface area contributed by atoms with Crippen molar-refractivity contribution >= 4 is 43.6 Å². The van der Waals surface area contributed by atoms with E-state index in [0.29, 0.717) is 27.1 Å². The van der Waals surface area contributed by atoms with Gasteiger partial charge in [-0.25, -0.2) is 0 Å². The van der Waals surface area contributed by atoms with E-state index in [1.54, 1.807) is 0 Å². The molecule has 6 aromatic rings. The summed E-state index contributed by atoms with van der Waals surface area (Å²) in [5.41, 5.74) is 5.97. The molecule has 4 nitrogen and oxygen atoms in total. The molecule has 0 radical (unpaired) electrons. The van der Waals surface area contributed by atoms with E-state index in [0.717, 1.165) is 33.4 Å². The molecule has 0 bridgehead atoms. The molecule has 6 rings (SSSR count). The van der Waals surface area contributed by atoms with Crippen LogP contribution in [-0.4, -0.2) is 9.55 Å². The van der Waals surface area contributed by atoms with E-state index in [9.17, 15) is 9.59 Å². The Labute approximate surface area is 183 Å². The third-order valence-corrected chi connectivity index (χ3v) is 6.36. The number of nitrogens with zero attached hydrogens (tertiary/aromatic N) is 1. The zero-order valence-electron chi connectivity index (χ0n) is 17.8. The smallest absolute Gasteiger partial charge is 0.197 e. The predicted octanol–water partition coefficient (Wildman–Crippen LogP) is 5.76. The average Bonchev–Trinajstić information content (AvgIpc) is 2.81. The number of hydrogen-bond acceptors (Lipinski definition) is 2. The van der Waals surface area contributed by atoms with Crippen molar-refractivity contribution < 1.29 is 0 Å². The first-order valence-corrected chi connectivity index (χ1v) is 10.6. The highest BCUT2D eigenvalue weighted by Crippen LogP contribution is 2.29. The molecule has 0 unspecified atom stereocenters. The Balaban J connectivity index is 1.91. The number of hydrogen-bond donors (Lipinski definition) is 1. The van der Waals surface area contributed by atoms with Crippen LogP contribution < -0.4 is 10.9 Å². The highest BCUT2D eigenvalue weighted by molar-refractivity contribution is 6.04. The Hall–Kier alpha value is -4.18. The van der Waals surface area contributed by atoms with Crippen molar-refractivity contribution in [3.8, 4) is 5.69 Å². The van der Waals surface area contributed by atoms with E-state index in [2.05, 4.69) is 9.55 Å². The van der Waals surface area contributed by atoms with Crippen LogP contribution in [0.5, 0.6) is 0 Å². The molecule has 0 saturated carbocycles. The quantitative estimate of drug-likeness (QED) is 0.347. The van der Waals surface area contributed by atoms with Gasteiger partial charge in [0, 0.05) is 27.2 Å². The molecule has 2 aromatic heterocycles. The Morgan fingerprint density at radius 3 is 2.12 bits per heavy atom. The van der Waals surface area contributed by atoms with Crippen molar-refractivity contribution in [1.82, 2.24) is 9.55 Å². The predicted molar refractivity (Wildman–Crippen MR) is 132 cm³/mol. The van der Waals surface area contributed by atoms with Crippen LogP contribution in [0.1, 0.15) is 11.1 Å². The second kappa shape index (κ2) is 6.66. The number of aromatic nitrogens is 2. The summed E-state index contributed by atoms with van der Waals surface area (Å²) in [7, 11) is 0. The second-order valence-corrected chi connectivity index (χ2v) is 8.34. The zero-order valence-corrected chi connectivity index (χ0v) is 17.8. The molecule has 0 saturated heterocycles. The summed E-state index contributed by atoms with van der Waals surface area (Å²) in [6.45, 7) is 3.99. The second-order valence-electron chi connectivity index (χ2n) is 8.34. The minimum absolute atomic E-state index is 0.0292. The molecule has 0 spiro atoms. The largest absolute Gasteiger partial charge is 0.354 e. The number of pyridine rings is 2. The summed E-state index contributed by atoms with van der Waals surface area (Å²) < 4.78 is 2.10. The summed E-state index contributed by atoms with van der Waals surface area (Å²) in [6, 6.07) is 25.2. The first-order valence-electron chi connectivity index (χ1n) is 10.6. The van der Waals surface area contributed by atoms with Gasteiger partial charge in [-0.2, -0.15) is 0 Å². The van der Waals surface area contributed by atoms with Gasteiger partial charge in [-0.15, -0.1) is 0 Å². The lowest BCUT2D eigenvalue weighted by atomic mass is 10.0. The van der Waals surface area contributed by atoms with E-state index >= 15 is 0 Å². The van der Waals surface area contributed by atoms with Gasteiger partial charge in [0.05, 0.1) is 22.1 Å². The molecule has 0 aliphatic carbocycles. The van der Waals surface area contributed by atoms with E-state index in [1.165, 1.54) is 0 Å². The van der Waals surface area contributed by atoms with Gasteiger partial charge in [-0.3, -0.25) is 9.59 Å². The van der Waals surface area contributed by atoms with Gasteiger partial charge >= 0.3 is 0 Å². The number of nitrogens with one attached hydrogen (secondary N) is 1. The number of rotatable bonds is 1. The third kappa shape index (κ3) is 2.50. The summed E-state index contributed by atoms with van der Waals surface area (Å²) >= 11 is 0. The molecule has 0 aliphatic heterocycles. The number of para-hydroxylation sites is 3. The fourth-order valence-electron chi connectivity index (χ4n) is 4.80. The number of aryl methyl sites for hydroxylation is 2. The van der Waals surface area contributed by atoms with Gasteiger partial charge in [0.1, 0.15) is 0 Å². The van der Waals surface area contributed by atoms with E-state index in [4.69, 9.17) is 0 Å². The maximum Gasteiger partial charge on any atom is 0.197 e. The molecule has 0 fully saturated rings. The number of H-pyrrole nitrogens is 1. The molecule has 4 aromatic carbocycles. The fourth-order valence-corrected chi connectivity index (χ4v) is 4.80. The monoisotopic (exact) mass is 416 g/mol. The SMILES string of the molecule is Cc1cccc2c(=O)c3cc4c(cc3[nH]c12)c(=O)c1cccc(C)c1n4-c1ccccc1. The van der Waals surface area contributed by atoms with Crippen LogP contribution in [-0.2, 0) is 0 Å². The molecule has 0 atom stereocenters. The van der Waals surface area contributed by atoms with Gasteiger partial charge in [0.25, 0.3) is 0 Å². The summed E-state index contributed by atoms with van der Waals surface area (Å²) in [5, 5.41) is 2.48. The molecular weight excluding hydrogens is 396 g/mol. The van der Waals surface area contributed by atoms with Crippen LogP contribution in [0, 0.1) is 13.8 Å². The topological polar surface area (TPSA) is 54.9 Å². The van der Waals surface area contributed by atoms with Crippen molar-refractivity contribution in [2.24, 2.45) is 0 Å². The van der Waals surface area contributed by atoms with Crippen LogP contribution in [0.3, 0.4) is 0 Å². The normalized spacial score (nSPS) is 11.7. The number of aromatic amines is 1. The van der Waals surface area contributed by atoms with Gasteiger partial charge in [0.15, 0.2) is 10.9 Å². The Bertz CT molecular complexity index is 1830. The van der Waals surface area contributed by atoms with Crippen molar-refractivity contribution in [2.45, 2.75) is 13.8 Å². The lowest BCUT2D eigenvalue weighted by Gasteiger charge is -2.18. The third-order valence-electron chi connectivity index (χ3n) is 6.36. The van der Waals surface area contributed by atoms with Crippen LogP contribution in [0.25, 0.3) is 49.3 Å². The molecule has 1 N–H and O–H groups in total. The van der Waals surface area contributed by atoms with Crippen LogP contribution in [0.15, 0.2) is 88.5 Å². The molecular formula is C28H20N2O2. The maximum absolute atomic E-state index is 13.6. The van der Waals surface area contributed by atoms with Crippen molar-refractivity contribution in [3.05, 3.63) is 110 Å². The minimum atomic E-state index is -0.0312. The molecule has 0 amide bonds. The van der Waals surface area contributed by atoms with E-state index in [1.807, 2.05) is 92.7 Å². The lowest BCUT2D eigenvalue weighted by molar-refractivity contribution is 1.15. The summed E-state index contributed by atoms with van der Waals surface area (Å²) in [5.74, 6) is 0. The molecule has 154 valence electrons. The van der Waals surface area contributed by atoms with Crippen LogP contribution >= 0.6 is 0 Å². The number of fused-ring (bicyclic) bond motifs is 4. The first-order chi connectivity index (χ1) is 15.5. The standard InChI is InChI=1S/C28H20N2O2/c1-16-8-6-12-19-25(16)29-23-14-22-24(15-21(23)27(19)31)30(18-10-4-3-5-11-18)26-17(2)9-7-13-20(26)28(22)32/h3-15H,1-2H3,(H,29,31). The van der Waals surface area contributed by atoms with Crippen LogP contribution in [0.4, 0.5) is 0 Å². The Morgan fingerprint density at radius 2 is 1.34 bits per heavy atom. The molecule has 4 heteroatoms. The van der Waals surface area contributed by atoms with E-state index in [-0.39, 0.29) is 10.9 Å². The first kappa shape index (κ1) is 18.6. The maximum atomic E-state index is 13.6. The zero-order chi connectivity index (χ0) is 22.0. The van der Waals surface area contributed by atoms with Crippen molar-refractivity contribution in [1.29, 1.82) is 0 Å². The number of benzene rings is 4. The van der Waals surface area contributed by atoms with Crippen molar-refractivity contribution in [2.75, 3.05) is 0 Å².